The van der Waals surface area contributed by atoms with Crippen LogP contribution in [0.3, 0.4) is 0 Å². The van der Waals surface area contributed by atoms with Crippen LogP contribution in [-0.2, 0) is 0 Å². The number of aromatic nitrogens is 2. The Labute approximate surface area is 99.1 Å². The van der Waals surface area contributed by atoms with Crippen molar-refractivity contribution >= 4 is 40.1 Å². The fourth-order valence-corrected chi connectivity index (χ4v) is 1.77. The molecule has 0 radical (unpaired) electrons. The highest BCUT2D eigenvalue weighted by molar-refractivity contribution is 7.08. The summed E-state index contributed by atoms with van der Waals surface area (Å²) in [7, 11) is 0. The zero-order valence-corrected chi connectivity index (χ0v) is 9.33. The number of nitrogens with one attached hydrogen (secondary N) is 1. The minimum atomic E-state index is -0.564. The maximum absolute atomic E-state index is 10.7. The first-order valence-electron chi connectivity index (χ1n) is 4.13. The molecular formula is C8H5ClN4O2S. The summed E-state index contributed by atoms with van der Waals surface area (Å²) in [6.45, 7) is 0. The van der Waals surface area contributed by atoms with Gasteiger partial charge in [-0.15, -0.1) is 0 Å². The van der Waals surface area contributed by atoms with Crippen molar-refractivity contribution in [2.45, 2.75) is 0 Å². The van der Waals surface area contributed by atoms with Gasteiger partial charge in [-0.25, -0.2) is 4.98 Å². The fraction of sp³-hybridized carbons (Fsp3) is 0. The van der Waals surface area contributed by atoms with E-state index in [1.807, 2.05) is 5.38 Å². The van der Waals surface area contributed by atoms with Crippen LogP contribution in [0.25, 0.3) is 0 Å². The summed E-state index contributed by atoms with van der Waals surface area (Å²) in [5.74, 6) is 0.0865. The van der Waals surface area contributed by atoms with E-state index in [4.69, 9.17) is 11.6 Å². The molecule has 2 heterocycles. The lowest BCUT2D eigenvalue weighted by atomic mass is 10.4. The Morgan fingerprint density at radius 1 is 1.56 bits per heavy atom. The van der Waals surface area contributed by atoms with Gasteiger partial charge in [0.1, 0.15) is 6.20 Å². The zero-order chi connectivity index (χ0) is 11.5. The van der Waals surface area contributed by atoms with Crippen LogP contribution in [0.15, 0.2) is 23.0 Å². The Morgan fingerprint density at radius 3 is 3.00 bits per heavy atom. The molecule has 2 aromatic heterocycles. The molecule has 6 nitrogen and oxygen atoms in total. The van der Waals surface area contributed by atoms with E-state index in [1.54, 1.807) is 11.4 Å². The quantitative estimate of drug-likeness (QED) is 0.519. The second-order valence-corrected chi connectivity index (χ2v) is 3.89. The van der Waals surface area contributed by atoms with Crippen molar-refractivity contribution in [1.82, 2.24) is 9.97 Å². The summed E-state index contributed by atoms with van der Waals surface area (Å²) in [6.07, 6.45) is 1.07. The van der Waals surface area contributed by atoms with Crippen LogP contribution < -0.4 is 5.32 Å². The van der Waals surface area contributed by atoms with Crippen molar-refractivity contribution in [3.63, 3.8) is 0 Å². The van der Waals surface area contributed by atoms with Gasteiger partial charge in [0.05, 0.1) is 10.6 Å². The molecule has 8 heteroatoms. The van der Waals surface area contributed by atoms with Gasteiger partial charge in [0.15, 0.2) is 0 Å². The summed E-state index contributed by atoms with van der Waals surface area (Å²) >= 11 is 7.05. The Hall–Kier alpha value is -1.73. The molecule has 0 saturated carbocycles. The van der Waals surface area contributed by atoms with Crippen LogP contribution in [0.4, 0.5) is 17.2 Å². The van der Waals surface area contributed by atoms with Crippen molar-refractivity contribution < 1.29 is 4.92 Å². The molecule has 2 rings (SSSR count). The number of thiophene rings is 1. The number of halogens is 1. The van der Waals surface area contributed by atoms with Gasteiger partial charge in [-0.05, 0) is 23.0 Å². The number of anilines is 2. The molecule has 0 aromatic carbocycles. The third kappa shape index (κ3) is 2.26. The van der Waals surface area contributed by atoms with Crippen molar-refractivity contribution in [3.05, 3.63) is 38.4 Å². The predicted molar refractivity (Wildman–Crippen MR) is 61.3 cm³/mol. The van der Waals surface area contributed by atoms with E-state index in [1.165, 1.54) is 11.3 Å². The maximum atomic E-state index is 10.7. The van der Waals surface area contributed by atoms with E-state index < -0.39 is 4.92 Å². The Kier molecular flexibility index (Phi) is 2.97. The van der Waals surface area contributed by atoms with Gasteiger partial charge < -0.3 is 5.32 Å². The van der Waals surface area contributed by atoms with Crippen molar-refractivity contribution in [3.8, 4) is 0 Å². The molecule has 0 aliphatic carbocycles. The number of rotatable bonds is 3. The standard InChI is InChI=1S/C8H5ClN4O2S/c9-8-10-3-6(13(14)15)7(12-8)11-5-1-2-16-4-5/h1-4H,(H,10,11,12). The molecule has 0 saturated heterocycles. The Balaban J connectivity index is 2.38. The topological polar surface area (TPSA) is 81.0 Å². The molecule has 0 atom stereocenters. The predicted octanol–water partition coefficient (Wildman–Crippen LogP) is 2.84. The molecule has 0 unspecified atom stereocenters. The van der Waals surface area contributed by atoms with Gasteiger partial charge in [0, 0.05) is 5.38 Å². The lowest BCUT2D eigenvalue weighted by molar-refractivity contribution is -0.384. The van der Waals surface area contributed by atoms with Gasteiger partial charge in [-0.1, -0.05) is 0 Å². The van der Waals surface area contributed by atoms with E-state index in [9.17, 15) is 10.1 Å². The third-order valence-corrected chi connectivity index (χ3v) is 2.59. The van der Waals surface area contributed by atoms with Crippen LogP contribution in [0, 0.1) is 10.1 Å². The lowest BCUT2D eigenvalue weighted by Gasteiger charge is -2.03. The molecule has 0 bridgehead atoms. The normalized spacial score (nSPS) is 10.1. The molecular weight excluding hydrogens is 252 g/mol. The monoisotopic (exact) mass is 256 g/mol. The van der Waals surface area contributed by atoms with Crippen molar-refractivity contribution in [2.24, 2.45) is 0 Å². The molecule has 0 aliphatic heterocycles. The van der Waals surface area contributed by atoms with Crippen LogP contribution in [0.2, 0.25) is 5.28 Å². The highest BCUT2D eigenvalue weighted by Gasteiger charge is 2.16. The van der Waals surface area contributed by atoms with Gasteiger partial charge in [0.25, 0.3) is 0 Å². The lowest BCUT2D eigenvalue weighted by Crippen LogP contribution is -2.00. The molecule has 2 aromatic rings. The van der Waals surface area contributed by atoms with Crippen molar-refractivity contribution in [2.75, 3.05) is 5.32 Å². The minimum Gasteiger partial charge on any atom is -0.334 e. The first-order valence-corrected chi connectivity index (χ1v) is 5.45. The van der Waals surface area contributed by atoms with E-state index in [0.29, 0.717) is 0 Å². The van der Waals surface area contributed by atoms with Crippen LogP contribution in [0.5, 0.6) is 0 Å². The van der Waals surface area contributed by atoms with Crippen LogP contribution in [-0.4, -0.2) is 14.9 Å². The van der Waals surface area contributed by atoms with E-state index in [0.717, 1.165) is 11.9 Å². The molecule has 82 valence electrons. The number of nitro groups is 1. The van der Waals surface area contributed by atoms with Gasteiger partial charge in [-0.2, -0.15) is 16.3 Å². The summed E-state index contributed by atoms with van der Waals surface area (Å²) < 4.78 is 0. The summed E-state index contributed by atoms with van der Waals surface area (Å²) in [6, 6.07) is 1.78. The molecule has 16 heavy (non-hydrogen) atoms. The Bertz CT molecular complexity index is 517. The largest absolute Gasteiger partial charge is 0.334 e. The van der Waals surface area contributed by atoms with Crippen LogP contribution in [0.1, 0.15) is 0 Å². The van der Waals surface area contributed by atoms with Gasteiger partial charge in [0.2, 0.25) is 11.1 Å². The van der Waals surface area contributed by atoms with Gasteiger partial charge in [-0.3, -0.25) is 10.1 Å². The highest BCUT2D eigenvalue weighted by atomic mass is 35.5. The van der Waals surface area contributed by atoms with Crippen molar-refractivity contribution in [1.29, 1.82) is 0 Å². The average molecular weight is 257 g/mol. The second-order valence-electron chi connectivity index (χ2n) is 2.77. The average Bonchev–Trinajstić information content (AvgIpc) is 2.70. The summed E-state index contributed by atoms with van der Waals surface area (Å²) in [5, 5.41) is 17.1. The number of hydrogen-bond acceptors (Lipinski definition) is 6. The van der Waals surface area contributed by atoms with E-state index >= 15 is 0 Å². The van der Waals surface area contributed by atoms with E-state index in [2.05, 4.69) is 15.3 Å². The second kappa shape index (κ2) is 4.42. The molecule has 0 amide bonds. The number of hydrogen-bond donors (Lipinski definition) is 1. The zero-order valence-electron chi connectivity index (χ0n) is 7.75. The molecule has 0 fully saturated rings. The maximum Gasteiger partial charge on any atom is 0.329 e. The summed E-state index contributed by atoms with van der Waals surface area (Å²) in [4.78, 5) is 17.5. The molecule has 0 aliphatic rings. The van der Waals surface area contributed by atoms with Gasteiger partial charge >= 0.3 is 5.69 Å². The molecule has 1 N–H and O–H groups in total. The minimum absolute atomic E-state index is 0.0386. The fourth-order valence-electron chi connectivity index (χ4n) is 1.05. The summed E-state index contributed by atoms with van der Waals surface area (Å²) in [5.41, 5.74) is 0.512. The Morgan fingerprint density at radius 2 is 2.38 bits per heavy atom. The van der Waals surface area contributed by atoms with Crippen LogP contribution >= 0.6 is 22.9 Å². The smallest absolute Gasteiger partial charge is 0.329 e. The SMILES string of the molecule is O=[N+]([O-])c1cnc(Cl)nc1Nc1ccsc1. The van der Waals surface area contributed by atoms with E-state index in [-0.39, 0.29) is 16.8 Å². The highest BCUT2D eigenvalue weighted by Crippen LogP contribution is 2.26. The third-order valence-electron chi connectivity index (χ3n) is 1.72. The first kappa shape index (κ1) is 10.8. The first-order chi connectivity index (χ1) is 7.66. The number of nitrogens with zero attached hydrogens (tertiary/aromatic N) is 3. The molecule has 0 spiro atoms.